The summed E-state index contributed by atoms with van der Waals surface area (Å²) in [6.45, 7) is 1.99. The number of carboxylic acid groups (broad SMARTS) is 1. The molecular weight excluding hydrogens is 266 g/mol. The van der Waals surface area contributed by atoms with Crippen LogP contribution in [0.5, 0.6) is 0 Å². The number of aromatic amines is 1. The van der Waals surface area contributed by atoms with Crippen LogP contribution in [-0.2, 0) is 9.53 Å². The van der Waals surface area contributed by atoms with Crippen LogP contribution in [0.25, 0.3) is 0 Å². The van der Waals surface area contributed by atoms with Gasteiger partial charge in [-0.1, -0.05) is 0 Å². The minimum absolute atomic E-state index is 0.252. The lowest BCUT2D eigenvalue weighted by Gasteiger charge is -2.23. The van der Waals surface area contributed by atoms with Crippen LogP contribution < -0.4 is 5.32 Å². The molecule has 3 unspecified atom stereocenters. The molecule has 2 rings (SSSR count). The van der Waals surface area contributed by atoms with Gasteiger partial charge in [0.25, 0.3) is 0 Å². The van der Waals surface area contributed by atoms with Gasteiger partial charge in [-0.2, -0.15) is 5.10 Å². The van der Waals surface area contributed by atoms with E-state index in [1.54, 1.807) is 6.92 Å². The van der Waals surface area contributed by atoms with Crippen molar-refractivity contribution in [3.8, 4) is 0 Å². The van der Waals surface area contributed by atoms with Crippen molar-refractivity contribution in [1.82, 2.24) is 25.4 Å². The number of nitrogens with one attached hydrogen (secondary N) is 2. The van der Waals surface area contributed by atoms with Crippen molar-refractivity contribution < 1.29 is 19.4 Å². The molecule has 0 radical (unpaired) electrons. The maximum atomic E-state index is 12.2. The third-order valence-corrected chi connectivity index (χ3v) is 3.33. The number of carbonyl (C=O) groups is 2. The summed E-state index contributed by atoms with van der Waals surface area (Å²) < 4.78 is 5.14. The van der Waals surface area contributed by atoms with Crippen molar-refractivity contribution in [3.05, 3.63) is 12.2 Å². The molecule has 2 amide bonds. The SMILES string of the molecule is COC1CC(C(=O)O)N(C(=O)NC(C)c2ncn[nH]2)C1. The van der Waals surface area contributed by atoms with Gasteiger partial charge in [-0.15, -0.1) is 0 Å². The molecule has 1 aliphatic rings. The van der Waals surface area contributed by atoms with Gasteiger partial charge in [-0.05, 0) is 6.92 Å². The number of carboxylic acids is 1. The van der Waals surface area contributed by atoms with Crippen LogP contribution in [0.4, 0.5) is 4.79 Å². The van der Waals surface area contributed by atoms with E-state index in [9.17, 15) is 9.59 Å². The summed E-state index contributed by atoms with van der Waals surface area (Å²) in [4.78, 5) is 28.6. The van der Waals surface area contributed by atoms with Gasteiger partial charge in [0.05, 0.1) is 12.1 Å². The van der Waals surface area contributed by atoms with Crippen molar-refractivity contribution >= 4 is 12.0 Å². The number of hydrogen-bond donors (Lipinski definition) is 3. The number of ether oxygens (including phenoxy) is 1. The van der Waals surface area contributed by atoms with Gasteiger partial charge in [-0.3, -0.25) is 5.10 Å². The first-order valence-corrected chi connectivity index (χ1v) is 6.21. The Morgan fingerprint density at radius 2 is 2.40 bits per heavy atom. The van der Waals surface area contributed by atoms with Crippen LogP contribution in [-0.4, -0.2) is 63.0 Å². The standard InChI is InChI=1S/C11H17N5O4/c1-6(9-12-5-13-15-9)14-11(19)16-4-7(20-2)3-8(16)10(17)18/h5-8H,3-4H2,1-2H3,(H,14,19)(H,17,18)(H,12,13,15). The normalized spacial score (nSPS) is 23.6. The average molecular weight is 283 g/mol. The number of amides is 2. The highest BCUT2D eigenvalue weighted by Gasteiger charge is 2.40. The number of urea groups is 1. The van der Waals surface area contributed by atoms with Gasteiger partial charge in [-0.25, -0.2) is 14.6 Å². The predicted molar refractivity (Wildman–Crippen MR) is 66.9 cm³/mol. The highest BCUT2D eigenvalue weighted by Crippen LogP contribution is 2.21. The molecule has 9 heteroatoms. The van der Waals surface area contributed by atoms with Gasteiger partial charge in [0, 0.05) is 20.1 Å². The predicted octanol–water partition coefficient (Wildman–Crippen LogP) is -0.251. The highest BCUT2D eigenvalue weighted by molar-refractivity contribution is 5.83. The molecule has 110 valence electrons. The largest absolute Gasteiger partial charge is 0.480 e. The first-order chi connectivity index (χ1) is 9.52. The maximum absolute atomic E-state index is 12.2. The van der Waals surface area contributed by atoms with E-state index in [1.165, 1.54) is 18.3 Å². The van der Waals surface area contributed by atoms with Crippen LogP contribution >= 0.6 is 0 Å². The molecule has 1 saturated heterocycles. The molecule has 1 aromatic rings. The molecule has 3 N–H and O–H groups in total. The van der Waals surface area contributed by atoms with E-state index in [1.807, 2.05) is 0 Å². The quantitative estimate of drug-likeness (QED) is 0.700. The summed E-state index contributed by atoms with van der Waals surface area (Å²) in [7, 11) is 1.50. The van der Waals surface area contributed by atoms with E-state index < -0.39 is 18.0 Å². The van der Waals surface area contributed by atoms with E-state index in [2.05, 4.69) is 20.5 Å². The van der Waals surface area contributed by atoms with Gasteiger partial charge in [0.1, 0.15) is 18.2 Å². The van der Waals surface area contributed by atoms with E-state index in [0.717, 1.165) is 0 Å². The van der Waals surface area contributed by atoms with Crippen molar-refractivity contribution in [1.29, 1.82) is 0 Å². The molecule has 2 heterocycles. The molecule has 20 heavy (non-hydrogen) atoms. The van der Waals surface area contributed by atoms with Crippen LogP contribution in [0.1, 0.15) is 25.2 Å². The minimum atomic E-state index is -1.04. The Morgan fingerprint density at radius 1 is 1.65 bits per heavy atom. The topological polar surface area (TPSA) is 120 Å². The molecule has 0 aromatic carbocycles. The first-order valence-electron chi connectivity index (χ1n) is 6.21. The second-order valence-electron chi connectivity index (χ2n) is 4.64. The van der Waals surface area contributed by atoms with Crippen LogP contribution in [0, 0.1) is 0 Å². The van der Waals surface area contributed by atoms with Crippen molar-refractivity contribution in [3.63, 3.8) is 0 Å². The number of methoxy groups -OCH3 is 1. The zero-order valence-corrected chi connectivity index (χ0v) is 11.2. The summed E-state index contributed by atoms with van der Waals surface area (Å²) in [6.07, 6.45) is 1.37. The number of aliphatic carboxylic acids is 1. The Kier molecular flexibility index (Phi) is 4.18. The Bertz CT molecular complexity index is 477. The number of nitrogens with zero attached hydrogens (tertiary/aromatic N) is 3. The lowest BCUT2D eigenvalue weighted by atomic mass is 10.2. The third kappa shape index (κ3) is 2.87. The molecule has 1 aromatic heterocycles. The number of carbonyl (C=O) groups excluding carboxylic acids is 1. The van der Waals surface area contributed by atoms with Gasteiger partial charge in [0.2, 0.25) is 0 Å². The number of H-pyrrole nitrogens is 1. The van der Waals surface area contributed by atoms with E-state index in [0.29, 0.717) is 5.82 Å². The summed E-state index contributed by atoms with van der Waals surface area (Å²) in [5.41, 5.74) is 0. The molecule has 9 nitrogen and oxygen atoms in total. The van der Waals surface area contributed by atoms with Crippen LogP contribution in [0.2, 0.25) is 0 Å². The lowest BCUT2D eigenvalue weighted by molar-refractivity contribution is -0.141. The second-order valence-corrected chi connectivity index (χ2v) is 4.64. The van der Waals surface area contributed by atoms with Gasteiger partial charge in [0.15, 0.2) is 0 Å². The zero-order chi connectivity index (χ0) is 14.7. The Morgan fingerprint density at radius 3 is 2.95 bits per heavy atom. The molecule has 3 atom stereocenters. The summed E-state index contributed by atoms with van der Waals surface area (Å²) in [6, 6.07) is -1.72. The monoisotopic (exact) mass is 283 g/mol. The first kappa shape index (κ1) is 14.3. The fourth-order valence-electron chi connectivity index (χ4n) is 2.19. The van der Waals surface area contributed by atoms with Crippen molar-refractivity contribution in [2.24, 2.45) is 0 Å². The number of hydrogen-bond acceptors (Lipinski definition) is 5. The highest BCUT2D eigenvalue weighted by atomic mass is 16.5. The third-order valence-electron chi connectivity index (χ3n) is 3.33. The zero-order valence-electron chi connectivity index (χ0n) is 11.2. The minimum Gasteiger partial charge on any atom is -0.480 e. The molecule has 0 spiro atoms. The lowest BCUT2D eigenvalue weighted by Crippen LogP contribution is -2.47. The van der Waals surface area contributed by atoms with E-state index >= 15 is 0 Å². The second kappa shape index (κ2) is 5.87. The molecule has 0 aliphatic carbocycles. The Balaban J connectivity index is 2.02. The Labute approximate surface area is 115 Å². The number of rotatable bonds is 4. The number of likely N-dealkylation sites (tertiary alicyclic amines) is 1. The van der Waals surface area contributed by atoms with Crippen molar-refractivity contribution in [2.75, 3.05) is 13.7 Å². The summed E-state index contributed by atoms with van der Waals surface area (Å²) >= 11 is 0. The fraction of sp³-hybridized carbons (Fsp3) is 0.636. The van der Waals surface area contributed by atoms with E-state index in [4.69, 9.17) is 9.84 Å². The number of aromatic nitrogens is 3. The molecular formula is C11H17N5O4. The van der Waals surface area contributed by atoms with Gasteiger partial charge >= 0.3 is 12.0 Å². The molecule has 1 aliphatic heterocycles. The summed E-state index contributed by atoms with van der Waals surface area (Å²) in [5, 5.41) is 18.2. The smallest absolute Gasteiger partial charge is 0.326 e. The molecule has 0 bridgehead atoms. The molecule has 0 saturated carbocycles. The average Bonchev–Trinajstić information content (AvgIpc) is 3.07. The summed E-state index contributed by atoms with van der Waals surface area (Å²) in [5.74, 6) is -0.528. The van der Waals surface area contributed by atoms with Crippen molar-refractivity contribution in [2.45, 2.75) is 31.5 Å². The van der Waals surface area contributed by atoms with Crippen LogP contribution in [0.3, 0.4) is 0 Å². The molecule has 1 fully saturated rings. The Hall–Kier alpha value is -2.16. The van der Waals surface area contributed by atoms with E-state index in [-0.39, 0.29) is 25.1 Å². The van der Waals surface area contributed by atoms with Gasteiger partial charge < -0.3 is 20.1 Å². The fourth-order valence-corrected chi connectivity index (χ4v) is 2.19. The maximum Gasteiger partial charge on any atom is 0.326 e. The van der Waals surface area contributed by atoms with Crippen LogP contribution in [0.15, 0.2) is 6.33 Å².